The lowest BCUT2D eigenvalue weighted by atomic mass is 10.1. The first-order valence-electron chi connectivity index (χ1n) is 13.1. The summed E-state index contributed by atoms with van der Waals surface area (Å²) in [6.45, 7) is -0.638. The molecule has 240 valence electrons. The number of hydrogen-bond acceptors (Lipinski definition) is 17. The van der Waals surface area contributed by atoms with Gasteiger partial charge in [0.1, 0.15) is 42.3 Å². The molecule has 24 heteroatoms. The summed E-state index contributed by atoms with van der Waals surface area (Å²) in [5.41, 5.74) is 16.9. The standard InChI is InChI=1S/C21H25N11O11P2/c22-15-11-16(28-20(23)27-15)31(5-25-11)10-3-8-9(40-10)4-39-45(37,38)43-14-7(1-2-44(35,36)42-8)41-19(13(14)33)32-6-26-12-17(32)29-21(24)30-18(12)34/h1-2,5-10,13-14,19,33H,3-4H2,(H,35,36)(H,37,38)(H4,22,23,27,28)(H3,24,29,30,34)/b2-1-/t7-,8+,9-,10-,13-,14-,19-/m1/s1. The molecule has 0 aromatic carbocycles. The van der Waals surface area contributed by atoms with Gasteiger partial charge < -0.3 is 41.6 Å². The molecule has 9 atom stereocenters. The van der Waals surface area contributed by atoms with Crippen LogP contribution >= 0.6 is 15.4 Å². The molecule has 0 radical (unpaired) electrons. The number of aliphatic hydroxyl groups is 1. The minimum absolute atomic E-state index is 0.0242. The number of rotatable bonds is 2. The van der Waals surface area contributed by atoms with Crippen molar-refractivity contribution in [3.05, 3.63) is 34.9 Å². The summed E-state index contributed by atoms with van der Waals surface area (Å²) in [6, 6.07) is 0. The van der Waals surface area contributed by atoms with E-state index in [0.29, 0.717) is 0 Å². The van der Waals surface area contributed by atoms with Crippen molar-refractivity contribution in [2.45, 2.75) is 49.4 Å². The molecule has 22 nitrogen and oxygen atoms in total. The molecule has 2 saturated heterocycles. The number of aliphatic hydroxyl groups excluding tert-OH is 1. The highest BCUT2D eigenvalue weighted by Crippen LogP contribution is 2.53. The van der Waals surface area contributed by atoms with Gasteiger partial charge in [0, 0.05) is 12.2 Å². The van der Waals surface area contributed by atoms with E-state index in [1.165, 1.54) is 10.9 Å². The fourth-order valence-corrected chi connectivity index (χ4v) is 7.40. The maximum absolute atomic E-state index is 13.2. The number of nitrogens with two attached hydrogens (primary N) is 3. The number of phosphoric ester groups is 1. The van der Waals surface area contributed by atoms with E-state index in [1.807, 2.05) is 0 Å². The maximum atomic E-state index is 13.2. The number of anilines is 3. The normalized spacial score (nSPS) is 36.4. The maximum Gasteiger partial charge on any atom is 0.472 e. The number of aromatic amines is 1. The van der Waals surface area contributed by atoms with Crippen molar-refractivity contribution in [2.75, 3.05) is 23.8 Å². The summed E-state index contributed by atoms with van der Waals surface area (Å²) in [5.74, 6) is 0.457. The van der Waals surface area contributed by atoms with Crippen molar-refractivity contribution in [3.8, 4) is 0 Å². The van der Waals surface area contributed by atoms with Crippen LogP contribution in [0.3, 0.4) is 0 Å². The van der Waals surface area contributed by atoms with Crippen LogP contribution in [0.4, 0.5) is 17.7 Å². The molecule has 2 unspecified atom stereocenters. The summed E-state index contributed by atoms with van der Waals surface area (Å²) < 4.78 is 56.8. The predicted octanol–water partition coefficient (Wildman–Crippen LogP) is -1.15. The molecule has 0 saturated carbocycles. The van der Waals surface area contributed by atoms with Gasteiger partial charge in [-0.1, -0.05) is 0 Å². The average Bonchev–Trinajstić information content (AvgIpc) is 3.71. The van der Waals surface area contributed by atoms with E-state index in [2.05, 4.69) is 29.9 Å². The first-order chi connectivity index (χ1) is 21.3. The van der Waals surface area contributed by atoms with Crippen molar-refractivity contribution in [1.29, 1.82) is 0 Å². The average molecular weight is 669 g/mol. The Balaban J connectivity index is 1.18. The van der Waals surface area contributed by atoms with E-state index in [4.69, 9.17) is 40.2 Å². The molecule has 2 fully saturated rings. The monoisotopic (exact) mass is 669 g/mol. The summed E-state index contributed by atoms with van der Waals surface area (Å²) in [5, 5.41) is 11.1. The molecule has 3 aliphatic rings. The van der Waals surface area contributed by atoms with Crippen LogP contribution in [0.15, 0.2) is 29.3 Å². The van der Waals surface area contributed by atoms with Gasteiger partial charge in [-0.2, -0.15) is 15.0 Å². The van der Waals surface area contributed by atoms with Crippen LogP contribution in [-0.4, -0.2) is 91.1 Å². The van der Waals surface area contributed by atoms with Gasteiger partial charge in [0.2, 0.25) is 11.9 Å². The number of aromatic nitrogens is 8. The van der Waals surface area contributed by atoms with E-state index in [1.54, 1.807) is 0 Å². The molecule has 45 heavy (non-hydrogen) atoms. The molecule has 0 aliphatic carbocycles. The van der Waals surface area contributed by atoms with Gasteiger partial charge >= 0.3 is 15.4 Å². The molecule has 10 N–H and O–H groups in total. The zero-order valence-electron chi connectivity index (χ0n) is 22.6. The number of nitrogen functional groups attached to an aromatic ring is 3. The second-order valence-electron chi connectivity index (χ2n) is 10.3. The fourth-order valence-electron chi connectivity index (χ4n) is 5.39. The lowest BCUT2D eigenvalue weighted by Crippen LogP contribution is -2.34. The first-order valence-corrected chi connectivity index (χ1v) is 16.3. The first kappa shape index (κ1) is 29.9. The largest absolute Gasteiger partial charge is 0.472 e. The summed E-state index contributed by atoms with van der Waals surface area (Å²) in [4.78, 5) is 56.0. The predicted molar refractivity (Wildman–Crippen MR) is 150 cm³/mol. The van der Waals surface area contributed by atoms with Gasteiger partial charge in [0.15, 0.2) is 28.9 Å². The zero-order chi connectivity index (χ0) is 31.8. The van der Waals surface area contributed by atoms with E-state index >= 15 is 0 Å². The smallest absolute Gasteiger partial charge is 0.386 e. The van der Waals surface area contributed by atoms with Gasteiger partial charge in [-0.15, -0.1) is 0 Å². The highest BCUT2D eigenvalue weighted by molar-refractivity contribution is 7.56. The molecule has 0 bridgehead atoms. The van der Waals surface area contributed by atoms with E-state index in [-0.39, 0.29) is 46.5 Å². The van der Waals surface area contributed by atoms with Crippen molar-refractivity contribution >= 4 is 55.5 Å². The lowest BCUT2D eigenvalue weighted by Gasteiger charge is -2.25. The Morgan fingerprint density at radius 1 is 0.956 bits per heavy atom. The molecular weight excluding hydrogens is 644 g/mol. The summed E-state index contributed by atoms with van der Waals surface area (Å²) in [6.07, 6.45) is -5.86. The van der Waals surface area contributed by atoms with Crippen molar-refractivity contribution in [2.24, 2.45) is 0 Å². The van der Waals surface area contributed by atoms with Gasteiger partial charge in [-0.25, -0.2) is 14.5 Å². The van der Waals surface area contributed by atoms with Crippen molar-refractivity contribution in [1.82, 2.24) is 39.0 Å². The van der Waals surface area contributed by atoms with Gasteiger partial charge in [0.05, 0.1) is 19.3 Å². The Bertz CT molecular complexity index is 2000. The lowest BCUT2D eigenvalue weighted by molar-refractivity contribution is -0.0468. The molecule has 4 aromatic heterocycles. The summed E-state index contributed by atoms with van der Waals surface area (Å²) in [7, 11) is -9.51. The SMILES string of the molecule is Nc1nc(N)c2ncn([C@H]3C[C@@H]4OP(=O)(O)/C=C\[C@H]5O[C@@H](n6cnc7c(=O)[nH]c(N)nc76)[C@H](O)[C@@H]5OP(=O)(O)OC[C@H]4O3)c2n1. The van der Waals surface area contributed by atoms with Crippen LogP contribution in [-0.2, 0) is 32.2 Å². The Morgan fingerprint density at radius 3 is 2.49 bits per heavy atom. The van der Waals surface area contributed by atoms with E-state index < -0.39 is 70.6 Å². The second kappa shape index (κ2) is 10.6. The molecule has 0 amide bonds. The third-order valence-corrected chi connectivity index (χ3v) is 9.44. The number of nitrogens with one attached hydrogen (secondary N) is 1. The Labute approximate surface area is 249 Å². The number of hydrogen-bond donors (Lipinski definition) is 7. The summed E-state index contributed by atoms with van der Waals surface area (Å²) >= 11 is 0. The van der Waals surface area contributed by atoms with Gasteiger partial charge in [0.25, 0.3) is 5.56 Å². The number of H-pyrrole nitrogens is 1. The minimum Gasteiger partial charge on any atom is -0.386 e. The fraction of sp³-hybridized carbons (Fsp3) is 0.429. The molecular formula is C21H25N11O11P2. The third kappa shape index (κ3) is 5.40. The topological polar surface area (TPSA) is 326 Å². The van der Waals surface area contributed by atoms with Crippen LogP contribution in [0.2, 0.25) is 0 Å². The van der Waals surface area contributed by atoms with Crippen LogP contribution in [0, 0.1) is 0 Å². The van der Waals surface area contributed by atoms with Crippen LogP contribution < -0.4 is 22.8 Å². The van der Waals surface area contributed by atoms with Crippen LogP contribution in [0.5, 0.6) is 0 Å². The third-order valence-electron chi connectivity index (χ3n) is 7.34. The minimum atomic E-state index is -4.96. The Kier molecular flexibility index (Phi) is 7.05. The number of phosphoric acid groups is 1. The van der Waals surface area contributed by atoms with Gasteiger partial charge in [-0.05, 0) is 6.08 Å². The molecule has 4 aromatic rings. The molecule has 3 aliphatic heterocycles. The Hall–Kier alpha value is -3.82. The van der Waals surface area contributed by atoms with Gasteiger partial charge in [-0.3, -0.25) is 37.0 Å². The Morgan fingerprint density at radius 2 is 1.69 bits per heavy atom. The number of nitrogens with zero attached hydrogens (tertiary/aromatic N) is 7. The second-order valence-corrected chi connectivity index (χ2v) is 13.3. The highest BCUT2D eigenvalue weighted by Gasteiger charge is 2.50. The van der Waals surface area contributed by atoms with E-state index in [9.17, 15) is 28.8 Å². The van der Waals surface area contributed by atoms with Crippen molar-refractivity contribution in [3.63, 3.8) is 0 Å². The van der Waals surface area contributed by atoms with Crippen LogP contribution in [0.25, 0.3) is 22.3 Å². The van der Waals surface area contributed by atoms with E-state index in [0.717, 1.165) is 22.8 Å². The number of ether oxygens (including phenoxy) is 2. The highest BCUT2D eigenvalue weighted by atomic mass is 31.2. The van der Waals surface area contributed by atoms with Crippen molar-refractivity contribution < 1.29 is 47.1 Å². The number of fused-ring (bicyclic) bond motifs is 4. The molecule has 0 spiro atoms. The van der Waals surface area contributed by atoms with Crippen LogP contribution in [0.1, 0.15) is 18.9 Å². The molecule has 7 heterocycles. The molecule has 7 rings (SSSR count). The zero-order valence-corrected chi connectivity index (χ0v) is 24.4. The number of imidazole rings is 2. The quantitative estimate of drug-likeness (QED) is 0.124.